The molecule has 0 amide bonds. The van der Waals surface area contributed by atoms with Crippen molar-refractivity contribution in [1.82, 2.24) is 0 Å². The summed E-state index contributed by atoms with van der Waals surface area (Å²) in [6.07, 6.45) is 1.22. The summed E-state index contributed by atoms with van der Waals surface area (Å²) in [5.41, 5.74) is 1.42. The van der Waals surface area contributed by atoms with E-state index < -0.39 is 0 Å². The molecule has 0 radical (unpaired) electrons. The molecule has 1 heterocycles. The molecule has 11 heavy (non-hydrogen) atoms. The van der Waals surface area contributed by atoms with Crippen molar-refractivity contribution in [2.75, 3.05) is 0 Å². The van der Waals surface area contributed by atoms with Crippen LogP contribution in [0.4, 0.5) is 0 Å². The van der Waals surface area contributed by atoms with Gasteiger partial charge in [-0.15, -0.1) is 0 Å². The molecule has 0 aliphatic carbocycles. The van der Waals surface area contributed by atoms with Crippen molar-refractivity contribution in [2.45, 2.75) is 25.1 Å². The average molecular weight is 233 g/mol. The highest BCUT2D eigenvalue weighted by atomic mass is 79.9. The van der Waals surface area contributed by atoms with E-state index in [-0.39, 0.29) is 0 Å². The predicted octanol–water partition coefficient (Wildman–Crippen LogP) is 4.23. The standard InChI is InChI=1S/C9H13BrS/c1-7(2)5-9(10)8-3-4-11-6-8/h3-4,6-7,9H,5H2,1-2H3. The highest BCUT2D eigenvalue weighted by Gasteiger charge is 2.08. The largest absolute Gasteiger partial charge is 0.152 e. The van der Waals surface area contributed by atoms with E-state index in [0.29, 0.717) is 4.83 Å². The van der Waals surface area contributed by atoms with Crippen LogP contribution in [0.25, 0.3) is 0 Å². The lowest BCUT2D eigenvalue weighted by atomic mass is 10.1. The zero-order valence-corrected chi connectivity index (χ0v) is 9.28. The Morgan fingerprint density at radius 3 is 2.73 bits per heavy atom. The first-order valence-corrected chi connectivity index (χ1v) is 5.72. The fraction of sp³-hybridized carbons (Fsp3) is 0.556. The molecule has 0 aliphatic heterocycles. The molecule has 1 unspecified atom stereocenters. The summed E-state index contributed by atoms with van der Waals surface area (Å²) in [7, 11) is 0. The number of thiophene rings is 1. The van der Waals surface area contributed by atoms with E-state index in [1.165, 1.54) is 12.0 Å². The first-order valence-electron chi connectivity index (χ1n) is 3.86. The Bertz CT molecular complexity index is 191. The average Bonchev–Trinajstić information content (AvgIpc) is 2.35. The number of alkyl halides is 1. The summed E-state index contributed by atoms with van der Waals surface area (Å²) < 4.78 is 0. The molecule has 0 nitrogen and oxygen atoms in total. The number of hydrogen-bond donors (Lipinski definition) is 0. The van der Waals surface area contributed by atoms with Crippen molar-refractivity contribution in [3.63, 3.8) is 0 Å². The molecule has 2 heteroatoms. The van der Waals surface area contributed by atoms with Gasteiger partial charge in [0.05, 0.1) is 0 Å². The van der Waals surface area contributed by atoms with Gasteiger partial charge >= 0.3 is 0 Å². The highest BCUT2D eigenvalue weighted by molar-refractivity contribution is 9.09. The van der Waals surface area contributed by atoms with Crippen LogP contribution in [-0.4, -0.2) is 0 Å². The molecule has 1 atom stereocenters. The molecule has 1 rings (SSSR count). The zero-order valence-electron chi connectivity index (χ0n) is 6.88. The first kappa shape index (κ1) is 9.27. The summed E-state index contributed by atoms with van der Waals surface area (Å²) in [4.78, 5) is 0.550. The third kappa shape index (κ3) is 2.96. The third-order valence-electron chi connectivity index (χ3n) is 1.58. The minimum Gasteiger partial charge on any atom is -0.152 e. The maximum atomic E-state index is 3.67. The molecule has 1 aromatic heterocycles. The SMILES string of the molecule is CC(C)CC(Br)c1ccsc1. The lowest BCUT2D eigenvalue weighted by Gasteiger charge is -2.09. The normalized spacial score (nSPS) is 13.8. The van der Waals surface area contributed by atoms with Crippen LogP contribution in [0.15, 0.2) is 16.8 Å². The van der Waals surface area contributed by atoms with Gasteiger partial charge in [-0.05, 0) is 34.7 Å². The van der Waals surface area contributed by atoms with Gasteiger partial charge < -0.3 is 0 Å². The quantitative estimate of drug-likeness (QED) is 0.685. The lowest BCUT2D eigenvalue weighted by Crippen LogP contribution is -1.93. The van der Waals surface area contributed by atoms with Gasteiger partial charge in [0.1, 0.15) is 0 Å². The van der Waals surface area contributed by atoms with Gasteiger partial charge in [-0.2, -0.15) is 11.3 Å². The Morgan fingerprint density at radius 1 is 1.55 bits per heavy atom. The van der Waals surface area contributed by atoms with Gasteiger partial charge in [-0.3, -0.25) is 0 Å². The molecular formula is C9H13BrS. The van der Waals surface area contributed by atoms with Gasteiger partial charge in [0.2, 0.25) is 0 Å². The van der Waals surface area contributed by atoms with E-state index >= 15 is 0 Å². The van der Waals surface area contributed by atoms with Gasteiger partial charge in [0.15, 0.2) is 0 Å². The maximum Gasteiger partial charge on any atom is 0.0406 e. The molecule has 0 spiro atoms. The minimum absolute atomic E-state index is 0.550. The van der Waals surface area contributed by atoms with Gasteiger partial charge in [0.25, 0.3) is 0 Å². The second kappa shape index (κ2) is 4.27. The van der Waals surface area contributed by atoms with Crippen molar-refractivity contribution in [1.29, 1.82) is 0 Å². The summed E-state index contributed by atoms with van der Waals surface area (Å²) >= 11 is 5.44. The highest BCUT2D eigenvalue weighted by Crippen LogP contribution is 2.30. The molecule has 0 saturated heterocycles. The van der Waals surface area contributed by atoms with Gasteiger partial charge in [-0.25, -0.2) is 0 Å². The Morgan fingerprint density at radius 2 is 2.27 bits per heavy atom. The van der Waals surface area contributed by atoms with E-state index in [0.717, 1.165) is 5.92 Å². The summed E-state index contributed by atoms with van der Waals surface area (Å²) in [5, 5.41) is 4.34. The molecule has 0 bridgehead atoms. The van der Waals surface area contributed by atoms with Crippen molar-refractivity contribution in [2.24, 2.45) is 5.92 Å². The zero-order chi connectivity index (χ0) is 8.27. The maximum absolute atomic E-state index is 3.67. The fourth-order valence-electron chi connectivity index (χ4n) is 1.00. The van der Waals surface area contributed by atoms with Crippen LogP contribution in [-0.2, 0) is 0 Å². The van der Waals surface area contributed by atoms with Gasteiger partial charge in [0, 0.05) is 4.83 Å². The van der Waals surface area contributed by atoms with Crippen LogP contribution < -0.4 is 0 Å². The molecule has 0 N–H and O–H groups in total. The Labute approximate surface area is 80.8 Å². The number of hydrogen-bond acceptors (Lipinski definition) is 1. The molecule has 0 saturated carbocycles. The smallest absolute Gasteiger partial charge is 0.0406 e. The molecule has 1 aromatic rings. The van der Waals surface area contributed by atoms with Gasteiger partial charge in [-0.1, -0.05) is 29.8 Å². The Balaban J connectivity index is 2.49. The van der Waals surface area contributed by atoms with E-state index in [1.807, 2.05) is 0 Å². The summed E-state index contributed by atoms with van der Waals surface area (Å²) in [6, 6.07) is 2.19. The monoisotopic (exact) mass is 232 g/mol. The second-order valence-corrected chi connectivity index (χ2v) is 5.04. The van der Waals surface area contributed by atoms with Crippen molar-refractivity contribution < 1.29 is 0 Å². The van der Waals surface area contributed by atoms with E-state index in [9.17, 15) is 0 Å². The molecule has 62 valence electrons. The fourth-order valence-corrected chi connectivity index (χ4v) is 2.92. The van der Waals surface area contributed by atoms with E-state index in [4.69, 9.17) is 0 Å². The molecule has 0 aliphatic rings. The second-order valence-electron chi connectivity index (χ2n) is 3.15. The van der Waals surface area contributed by atoms with E-state index in [1.54, 1.807) is 11.3 Å². The lowest BCUT2D eigenvalue weighted by molar-refractivity contribution is 0.584. The first-order chi connectivity index (χ1) is 5.20. The van der Waals surface area contributed by atoms with E-state index in [2.05, 4.69) is 46.6 Å². The van der Waals surface area contributed by atoms with Crippen molar-refractivity contribution >= 4 is 27.3 Å². The Hall–Kier alpha value is 0.180. The summed E-state index contributed by atoms with van der Waals surface area (Å²) in [5.74, 6) is 0.763. The molecule has 0 aromatic carbocycles. The minimum atomic E-state index is 0.550. The number of halogens is 1. The van der Waals surface area contributed by atoms with Crippen molar-refractivity contribution in [3.05, 3.63) is 22.4 Å². The van der Waals surface area contributed by atoms with Crippen LogP contribution in [0.1, 0.15) is 30.7 Å². The van der Waals surface area contributed by atoms with Crippen LogP contribution in [0.2, 0.25) is 0 Å². The Kier molecular flexibility index (Phi) is 3.60. The summed E-state index contributed by atoms with van der Waals surface area (Å²) in [6.45, 7) is 4.50. The third-order valence-corrected chi connectivity index (χ3v) is 3.19. The van der Waals surface area contributed by atoms with Crippen LogP contribution in [0.3, 0.4) is 0 Å². The number of rotatable bonds is 3. The van der Waals surface area contributed by atoms with Crippen molar-refractivity contribution in [3.8, 4) is 0 Å². The van der Waals surface area contributed by atoms with Crippen LogP contribution in [0, 0.1) is 5.92 Å². The molecular weight excluding hydrogens is 220 g/mol. The van der Waals surface area contributed by atoms with Crippen LogP contribution in [0.5, 0.6) is 0 Å². The molecule has 0 fully saturated rings. The van der Waals surface area contributed by atoms with Crippen LogP contribution >= 0.6 is 27.3 Å². The predicted molar refractivity (Wildman–Crippen MR) is 55.4 cm³/mol. The topological polar surface area (TPSA) is 0 Å².